The Bertz CT molecular complexity index is 982. The van der Waals surface area contributed by atoms with E-state index in [1.807, 2.05) is 38.1 Å². The maximum Gasteiger partial charge on any atom is 0.247 e. The Hall–Kier alpha value is -3.27. The first kappa shape index (κ1) is 15.3. The molecule has 7 heteroatoms. The first-order valence-electron chi connectivity index (χ1n) is 7.99. The number of aromatic amines is 1. The first-order valence-corrected chi connectivity index (χ1v) is 7.99. The van der Waals surface area contributed by atoms with Crippen molar-refractivity contribution in [3.05, 3.63) is 52.5 Å². The zero-order valence-electron chi connectivity index (χ0n) is 14.1. The van der Waals surface area contributed by atoms with Crippen LogP contribution in [0.4, 0.5) is 5.69 Å². The number of nitrogens with two attached hydrogens (primary N) is 1. The molecule has 2 aromatic rings. The molecule has 0 fully saturated rings. The van der Waals surface area contributed by atoms with Crippen molar-refractivity contribution in [2.75, 3.05) is 11.9 Å². The third-order valence-electron chi connectivity index (χ3n) is 4.95. The minimum atomic E-state index is -1.33. The molecule has 25 heavy (non-hydrogen) atoms. The quantitative estimate of drug-likeness (QED) is 0.827. The molecule has 1 unspecified atom stereocenters. The fourth-order valence-electron chi connectivity index (χ4n) is 3.84. The van der Waals surface area contributed by atoms with Crippen molar-refractivity contribution < 1.29 is 9.53 Å². The van der Waals surface area contributed by atoms with Crippen LogP contribution in [0.25, 0.3) is 0 Å². The van der Waals surface area contributed by atoms with Crippen LogP contribution in [0.2, 0.25) is 0 Å². The highest BCUT2D eigenvalue weighted by molar-refractivity contribution is 6.14. The number of hydrogen-bond acceptors (Lipinski definition) is 5. The van der Waals surface area contributed by atoms with Gasteiger partial charge in [-0.2, -0.15) is 5.26 Å². The van der Waals surface area contributed by atoms with Gasteiger partial charge in [-0.3, -0.25) is 9.89 Å². The van der Waals surface area contributed by atoms with Crippen molar-refractivity contribution in [3.63, 3.8) is 0 Å². The van der Waals surface area contributed by atoms with Crippen molar-refractivity contribution >= 4 is 11.6 Å². The van der Waals surface area contributed by atoms with E-state index in [-0.39, 0.29) is 29.2 Å². The van der Waals surface area contributed by atoms with Crippen LogP contribution in [0.5, 0.6) is 5.88 Å². The van der Waals surface area contributed by atoms with Crippen LogP contribution >= 0.6 is 0 Å². The van der Waals surface area contributed by atoms with E-state index >= 15 is 0 Å². The SMILES string of the molecule is CC(C)c1[nH]nc2c1C1(C(=O)N(C)c3ccccc31)C(C#N)=C(N)O2. The summed E-state index contributed by atoms with van der Waals surface area (Å²) < 4.78 is 5.57. The van der Waals surface area contributed by atoms with Gasteiger partial charge in [0.05, 0.1) is 5.56 Å². The van der Waals surface area contributed by atoms with E-state index in [4.69, 9.17) is 10.5 Å². The van der Waals surface area contributed by atoms with Crippen molar-refractivity contribution in [2.45, 2.75) is 25.2 Å². The van der Waals surface area contributed by atoms with Crippen LogP contribution in [0.15, 0.2) is 35.7 Å². The lowest BCUT2D eigenvalue weighted by atomic mass is 9.68. The Morgan fingerprint density at radius 3 is 2.80 bits per heavy atom. The number of anilines is 1. The van der Waals surface area contributed by atoms with Gasteiger partial charge in [-0.25, -0.2) is 0 Å². The minimum Gasteiger partial charge on any atom is -0.420 e. The topological polar surface area (TPSA) is 108 Å². The second kappa shape index (κ2) is 4.86. The molecule has 1 aromatic heterocycles. The van der Waals surface area contributed by atoms with E-state index in [1.165, 1.54) is 0 Å². The highest BCUT2D eigenvalue weighted by atomic mass is 16.5. The molecule has 3 heterocycles. The smallest absolute Gasteiger partial charge is 0.247 e. The lowest BCUT2D eigenvalue weighted by Gasteiger charge is -2.32. The number of hydrogen-bond donors (Lipinski definition) is 2. The van der Waals surface area contributed by atoms with E-state index in [2.05, 4.69) is 16.3 Å². The minimum absolute atomic E-state index is 0.0573. The maximum absolute atomic E-state index is 13.5. The first-order chi connectivity index (χ1) is 11.9. The number of amides is 1. The second-order valence-corrected chi connectivity index (χ2v) is 6.56. The van der Waals surface area contributed by atoms with Crippen LogP contribution < -0.4 is 15.4 Å². The van der Waals surface area contributed by atoms with Gasteiger partial charge in [0, 0.05) is 24.0 Å². The number of nitrogens with zero attached hydrogens (tertiary/aromatic N) is 3. The van der Waals surface area contributed by atoms with E-state index in [0.717, 1.165) is 16.9 Å². The molecule has 1 atom stereocenters. The third kappa shape index (κ3) is 1.63. The molecular formula is C18H17N5O2. The molecule has 7 nitrogen and oxygen atoms in total. The molecule has 126 valence electrons. The van der Waals surface area contributed by atoms with E-state index in [0.29, 0.717) is 5.56 Å². The zero-order valence-corrected chi connectivity index (χ0v) is 14.1. The number of aromatic nitrogens is 2. The Labute approximate surface area is 144 Å². The summed E-state index contributed by atoms with van der Waals surface area (Å²) in [6.07, 6.45) is 0. The lowest BCUT2D eigenvalue weighted by molar-refractivity contribution is -0.120. The van der Waals surface area contributed by atoms with Gasteiger partial charge in [-0.1, -0.05) is 32.0 Å². The summed E-state index contributed by atoms with van der Waals surface area (Å²) >= 11 is 0. The van der Waals surface area contributed by atoms with Crippen molar-refractivity contribution in [1.29, 1.82) is 5.26 Å². The van der Waals surface area contributed by atoms with Crippen molar-refractivity contribution in [3.8, 4) is 11.9 Å². The molecule has 0 aliphatic carbocycles. The van der Waals surface area contributed by atoms with E-state index in [9.17, 15) is 10.1 Å². The monoisotopic (exact) mass is 335 g/mol. The molecule has 1 amide bonds. The molecular weight excluding hydrogens is 318 g/mol. The number of ether oxygens (including phenoxy) is 1. The maximum atomic E-state index is 13.5. The number of fused-ring (bicyclic) bond motifs is 4. The van der Waals surface area contributed by atoms with Gasteiger partial charge in [0.15, 0.2) is 0 Å². The molecule has 2 aliphatic heterocycles. The number of nitriles is 1. The van der Waals surface area contributed by atoms with E-state index < -0.39 is 5.41 Å². The summed E-state index contributed by atoms with van der Waals surface area (Å²) in [5.74, 6) is -0.0168. The molecule has 4 rings (SSSR count). The third-order valence-corrected chi connectivity index (χ3v) is 4.95. The summed E-state index contributed by atoms with van der Waals surface area (Å²) in [6.45, 7) is 3.98. The van der Waals surface area contributed by atoms with Gasteiger partial charge in [0.2, 0.25) is 17.7 Å². The average molecular weight is 335 g/mol. The number of benzene rings is 1. The number of nitrogens with one attached hydrogen (secondary N) is 1. The predicted octanol–water partition coefficient (Wildman–Crippen LogP) is 1.88. The van der Waals surface area contributed by atoms with Crippen LogP contribution in [-0.4, -0.2) is 23.2 Å². The summed E-state index contributed by atoms with van der Waals surface area (Å²) in [4.78, 5) is 15.0. The molecule has 2 aliphatic rings. The highest BCUT2D eigenvalue weighted by Gasteiger charge is 2.60. The predicted molar refractivity (Wildman–Crippen MR) is 90.8 cm³/mol. The molecule has 3 N–H and O–H groups in total. The number of carbonyl (C=O) groups is 1. The Balaban J connectivity index is 2.19. The van der Waals surface area contributed by atoms with Gasteiger partial charge >= 0.3 is 0 Å². The fourth-order valence-corrected chi connectivity index (χ4v) is 3.84. The summed E-state index contributed by atoms with van der Waals surface area (Å²) in [7, 11) is 1.70. The number of carbonyl (C=O) groups excluding carboxylic acids is 1. The fraction of sp³-hybridized carbons (Fsp3) is 0.278. The van der Waals surface area contributed by atoms with Crippen LogP contribution in [-0.2, 0) is 10.2 Å². The molecule has 1 spiro atoms. The van der Waals surface area contributed by atoms with Gasteiger partial charge in [-0.15, -0.1) is 5.10 Å². The standard InChI is InChI=1S/C18H17N5O2/c1-9(2)14-13-16(22-21-14)25-15(20)11(8-19)18(13)10-6-4-5-7-12(10)23(3)17(18)24/h4-7,9H,20H2,1-3H3,(H,21,22). The molecule has 0 radical (unpaired) electrons. The summed E-state index contributed by atoms with van der Waals surface area (Å²) in [5.41, 5.74) is 7.59. The normalized spacial score (nSPS) is 21.4. The van der Waals surface area contributed by atoms with Crippen LogP contribution in [0.3, 0.4) is 0 Å². The second-order valence-electron chi connectivity index (χ2n) is 6.56. The number of rotatable bonds is 1. The zero-order chi connectivity index (χ0) is 17.9. The highest BCUT2D eigenvalue weighted by Crippen LogP contribution is 2.55. The van der Waals surface area contributed by atoms with Gasteiger partial charge in [0.25, 0.3) is 0 Å². The molecule has 0 bridgehead atoms. The number of H-pyrrole nitrogens is 1. The van der Waals surface area contributed by atoms with Gasteiger partial charge in [-0.05, 0) is 12.0 Å². The number of para-hydroxylation sites is 1. The van der Waals surface area contributed by atoms with Crippen LogP contribution in [0.1, 0.15) is 36.6 Å². The van der Waals surface area contributed by atoms with Gasteiger partial charge < -0.3 is 15.4 Å². The Kier molecular flexibility index (Phi) is 2.97. The molecule has 0 saturated carbocycles. The lowest BCUT2D eigenvalue weighted by Crippen LogP contribution is -2.45. The van der Waals surface area contributed by atoms with Crippen LogP contribution in [0, 0.1) is 11.3 Å². The van der Waals surface area contributed by atoms with Crippen molar-refractivity contribution in [2.24, 2.45) is 5.73 Å². The molecule has 1 aromatic carbocycles. The summed E-state index contributed by atoms with van der Waals surface area (Å²) in [5, 5.41) is 17.0. The Morgan fingerprint density at radius 1 is 1.40 bits per heavy atom. The largest absolute Gasteiger partial charge is 0.420 e. The van der Waals surface area contributed by atoms with E-state index in [1.54, 1.807) is 11.9 Å². The van der Waals surface area contributed by atoms with Gasteiger partial charge in [0.1, 0.15) is 17.1 Å². The Morgan fingerprint density at radius 2 is 2.12 bits per heavy atom. The summed E-state index contributed by atoms with van der Waals surface area (Å²) in [6, 6.07) is 9.54. The molecule has 0 saturated heterocycles. The average Bonchev–Trinajstić information content (AvgIpc) is 3.10. The van der Waals surface area contributed by atoms with Crippen molar-refractivity contribution in [1.82, 2.24) is 10.2 Å². The number of likely N-dealkylation sites (N-methyl/N-ethyl adjacent to an activating group) is 1.